The van der Waals surface area contributed by atoms with Crippen LogP contribution in [0.25, 0.3) is 0 Å². The first-order valence-electron chi connectivity index (χ1n) is 4.62. The Bertz CT molecular complexity index is 98.5. The first kappa shape index (κ1) is 11.9. The van der Waals surface area contributed by atoms with E-state index in [-0.39, 0.29) is 12.1 Å². The Morgan fingerprint density at radius 3 is 2.42 bits per heavy atom. The predicted molar refractivity (Wildman–Crippen MR) is 50.2 cm³/mol. The van der Waals surface area contributed by atoms with Gasteiger partial charge in [0.15, 0.2) is 0 Å². The number of hydrogen-bond acceptors (Lipinski definition) is 3. The van der Waals surface area contributed by atoms with Crippen molar-refractivity contribution >= 4 is 0 Å². The highest BCUT2D eigenvalue weighted by molar-refractivity contribution is 4.72. The third-order valence-electron chi connectivity index (χ3n) is 1.87. The molecule has 0 aromatic carbocycles. The Labute approximate surface area is 75.2 Å². The molecule has 0 aliphatic carbocycles. The lowest BCUT2D eigenvalue weighted by atomic mass is 10.1. The van der Waals surface area contributed by atoms with Crippen LogP contribution in [0.1, 0.15) is 26.7 Å². The molecule has 3 heteroatoms. The molecule has 0 aliphatic heterocycles. The molecule has 0 aromatic rings. The molecule has 2 N–H and O–H groups in total. The molecule has 0 radical (unpaired) electrons. The zero-order valence-corrected chi connectivity index (χ0v) is 8.38. The molecule has 2 atom stereocenters. The third kappa shape index (κ3) is 4.70. The van der Waals surface area contributed by atoms with Gasteiger partial charge >= 0.3 is 0 Å². The molecule has 0 aliphatic rings. The smallest absolute Gasteiger partial charge is 0.0744 e. The fraction of sp³-hybridized carbons (Fsp3) is 1.00. The van der Waals surface area contributed by atoms with E-state index in [0.717, 1.165) is 19.4 Å². The molecule has 74 valence electrons. The summed E-state index contributed by atoms with van der Waals surface area (Å²) < 4.78 is 10.5. The van der Waals surface area contributed by atoms with E-state index < -0.39 is 0 Å². The Balaban J connectivity index is 3.60. The van der Waals surface area contributed by atoms with Crippen LogP contribution in [0.5, 0.6) is 0 Å². The van der Waals surface area contributed by atoms with E-state index in [1.807, 2.05) is 6.92 Å². The van der Waals surface area contributed by atoms with Crippen LogP contribution in [0, 0.1) is 0 Å². The zero-order chi connectivity index (χ0) is 9.40. The van der Waals surface area contributed by atoms with Crippen LogP contribution < -0.4 is 5.73 Å². The van der Waals surface area contributed by atoms with Gasteiger partial charge < -0.3 is 15.2 Å². The highest BCUT2D eigenvalue weighted by Gasteiger charge is 2.15. The van der Waals surface area contributed by atoms with Crippen LogP contribution in [0.4, 0.5) is 0 Å². The maximum atomic E-state index is 5.85. The Morgan fingerprint density at radius 2 is 2.00 bits per heavy atom. The molecular weight excluding hydrogens is 154 g/mol. The van der Waals surface area contributed by atoms with Crippen LogP contribution in [0.2, 0.25) is 0 Å². The highest BCUT2D eigenvalue weighted by atomic mass is 16.5. The van der Waals surface area contributed by atoms with E-state index >= 15 is 0 Å². The van der Waals surface area contributed by atoms with Crippen molar-refractivity contribution in [2.75, 3.05) is 20.3 Å². The van der Waals surface area contributed by atoms with Crippen molar-refractivity contribution in [2.24, 2.45) is 5.73 Å². The number of rotatable bonds is 7. The summed E-state index contributed by atoms with van der Waals surface area (Å²) in [6.45, 7) is 5.40. The van der Waals surface area contributed by atoms with Gasteiger partial charge in [-0.25, -0.2) is 0 Å². The molecule has 0 amide bonds. The van der Waals surface area contributed by atoms with Gasteiger partial charge in [0.05, 0.1) is 18.8 Å². The lowest BCUT2D eigenvalue weighted by Gasteiger charge is -2.21. The quantitative estimate of drug-likeness (QED) is 0.631. The predicted octanol–water partition coefficient (Wildman–Crippen LogP) is 1.17. The molecule has 0 saturated heterocycles. The van der Waals surface area contributed by atoms with Gasteiger partial charge in [-0.05, 0) is 13.3 Å². The summed E-state index contributed by atoms with van der Waals surface area (Å²) in [5.74, 6) is 0. The van der Waals surface area contributed by atoms with E-state index in [2.05, 4.69) is 6.92 Å². The van der Waals surface area contributed by atoms with Crippen molar-refractivity contribution in [1.29, 1.82) is 0 Å². The molecule has 0 aromatic heterocycles. The minimum atomic E-state index is 0.00917. The minimum absolute atomic E-state index is 0.00917. The van der Waals surface area contributed by atoms with E-state index in [9.17, 15) is 0 Å². The van der Waals surface area contributed by atoms with Crippen molar-refractivity contribution in [2.45, 2.75) is 38.8 Å². The van der Waals surface area contributed by atoms with E-state index in [0.29, 0.717) is 6.61 Å². The van der Waals surface area contributed by atoms with Gasteiger partial charge in [0.1, 0.15) is 0 Å². The summed E-state index contributed by atoms with van der Waals surface area (Å²) in [5, 5.41) is 0. The molecule has 3 nitrogen and oxygen atoms in total. The maximum absolute atomic E-state index is 5.85. The Hall–Kier alpha value is -0.120. The standard InChI is InChI=1S/C9H21NO2/c1-4-6-9(11-3)8(10)7-12-5-2/h8-9H,4-7,10H2,1-3H3. The highest BCUT2D eigenvalue weighted by Crippen LogP contribution is 2.04. The zero-order valence-electron chi connectivity index (χ0n) is 8.38. The molecule has 0 rings (SSSR count). The molecule has 12 heavy (non-hydrogen) atoms. The molecule has 0 heterocycles. The van der Waals surface area contributed by atoms with Crippen LogP contribution in [0.15, 0.2) is 0 Å². The summed E-state index contributed by atoms with van der Waals surface area (Å²) in [6, 6.07) is 0.00917. The van der Waals surface area contributed by atoms with Crippen LogP contribution in [0.3, 0.4) is 0 Å². The van der Waals surface area contributed by atoms with Crippen LogP contribution >= 0.6 is 0 Å². The molecule has 0 fully saturated rings. The fourth-order valence-corrected chi connectivity index (χ4v) is 1.15. The van der Waals surface area contributed by atoms with Crippen molar-refractivity contribution in [3.8, 4) is 0 Å². The van der Waals surface area contributed by atoms with Crippen LogP contribution in [-0.2, 0) is 9.47 Å². The molecular formula is C9H21NO2. The van der Waals surface area contributed by atoms with Gasteiger partial charge in [-0.2, -0.15) is 0 Å². The maximum Gasteiger partial charge on any atom is 0.0744 e. The SMILES string of the molecule is CCCC(OC)C(N)COCC. The minimum Gasteiger partial charge on any atom is -0.380 e. The summed E-state index contributed by atoms with van der Waals surface area (Å²) in [4.78, 5) is 0. The molecule has 0 spiro atoms. The average molecular weight is 175 g/mol. The second-order valence-corrected chi connectivity index (χ2v) is 2.89. The third-order valence-corrected chi connectivity index (χ3v) is 1.87. The van der Waals surface area contributed by atoms with Gasteiger partial charge in [-0.3, -0.25) is 0 Å². The van der Waals surface area contributed by atoms with Gasteiger partial charge in [0.25, 0.3) is 0 Å². The van der Waals surface area contributed by atoms with Gasteiger partial charge in [-0.1, -0.05) is 13.3 Å². The van der Waals surface area contributed by atoms with Crippen molar-refractivity contribution < 1.29 is 9.47 Å². The second kappa shape index (κ2) is 7.53. The van der Waals surface area contributed by atoms with E-state index in [4.69, 9.17) is 15.2 Å². The summed E-state index contributed by atoms with van der Waals surface area (Å²) in [6.07, 6.45) is 2.24. The Morgan fingerprint density at radius 1 is 1.33 bits per heavy atom. The monoisotopic (exact) mass is 175 g/mol. The summed E-state index contributed by atoms with van der Waals surface area (Å²) in [7, 11) is 1.70. The Kier molecular flexibility index (Phi) is 7.45. The van der Waals surface area contributed by atoms with Crippen molar-refractivity contribution in [3.63, 3.8) is 0 Å². The number of nitrogens with two attached hydrogens (primary N) is 1. The van der Waals surface area contributed by atoms with Crippen LogP contribution in [-0.4, -0.2) is 32.5 Å². The molecule has 2 unspecified atom stereocenters. The first-order chi connectivity index (χ1) is 5.76. The van der Waals surface area contributed by atoms with E-state index in [1.165, 1.54) is 0 Å². The lowest BCUT2D eigenvalue weighted by Crippen LogP contribution is -2.40. The number of ether oxygens (including phenoxy) is 2. The topological polar surface area (TPSA) is 44.5 Å². The first-order valence-corrected chi connectivity index (χ1v) is 4.62. The van der Waals surface area contributed by atoms with E-state index in [1.54, 1.807) is 7.11 Å². The summed E-state index contributed by atoms with van der Waals surface area (Å²) in [5.41, 5.74) is 5.85. The lowest BCUT2D eigenvalue weighted by molar-refractivity contribution is 0.0324. The van der Waals surface area contributed by atoms with Crippen molar-refractivity contribution in [3.05, 3.63) is 0 Å². The molecule has 0 bridgehead atoms. The normalized spacial score (nSPS) is 16.0. The molecule has 0 saturated carbocycles. The second-order valence-electron chi connectivity index (χ2n) is 2.89. The van der Waals surface area contributed by atoms with Gasteiger partial charge in [-0.15, -0.1) is 0 Å². The average Bonchev–Trinajstić information content (AvgIpc) is 2.10. The number of methoxy groups -OCH3 is 1. The summed E-state index contributed by atoms with van der Waals surface area (Å²) >= 11 is 0. The van der Waals surface area contributed by atoms with Gasteiger partial charge in [0, 0.05) is 13.7 Å². The van der Waals surface area contributed by atoms with Crippen molar-refractivity contribution in [1.82, 2.24) is 0 Å². The largest absolute Gasteiger partial charge is 0.380 e. The fourth-order valence-electron chi connectivity index (χ4n) is 1.15. The van der Waals surface area contributed by atoms with Gasteiger partial charge in [0.2, 0.25) is 0 Å². The number of hydrogen-bond donors (Lipinski definition) is 1.